The lowest BCUT2D eigenvalue weighted by molar-refractivity contribution is -0.378. The van der Waals surface area contributed by atoms with Crippen molar-refractivity contribution in [3.63, 3.8) is 0 Å². The number of hydrogen-bond acceptors (Lipinski definition) is 16. The van der Waals surface area contributed by atoms with Gasteiger partial charge in [-0.2, -0.15) is 0 Å². The van der Waals surface area contributed by atoms with Crippen LogP contribution in [0.2, 0.25) is 0 Å². The second-order valence-corrected chi connectivity index (χ2v) is 18.7. The van der Waals surface area contributed by atoms with E-state index in [0.717, 1.165) is 37.7 Å². The molecule has 0 aromatic rings. The topological polar surface area (TPSA) is 255 Å². The third-order valence-electron chi connectivity index (χ3n) is 15.7. The summed E-state index contributed by atoms with van der Waals surface area (Å²) in [7, 11) is 0. The molecule has 0 aromatic carbocycles. The van der Waals surface area contributed by atoms with Gasteiger partial charge < -0.3 is 74.4 Å². The van der Waals surface area contributed by atoms with Gasteiger partial charge in [-0.15, -0.1) is 0 Å². The largest absolute Gasteiger partial charge is 0.435 e. The zero-order valence-corrected chi connectivity index (χ0v) is 32.9. The summed E-state index contributed by atoms with van der Waals surface area (Å²) in [5.74, 6) is -0.911. The maximum absolute atomic E-state index is 14.3. The minimum atomic E-state index is -1.78. The molecule has 3 saturated heterocycles. The van der Waals surface area contributed by atoms with Gasteiger partial charge in [0.25, 0.3) is 0 Å². The van der Waals surface area contributed by atoms with Gasteiger partial charge in [0, 0.05) is 11.8 Å². The number of carbonyl (C=O) groups excluding carboxylic acids is 1. The highest BCUT2D eigenvalue weighted by molar-refractivity contribution is 5.77. The van der Waals surface area contributed by atoms with E-state index in [2.05, 4.69) is 13.5 Å². The molecule has 2 bridgehead atoms. The molecule has 4 saturated carbocycles. The first-order valence-corrected chi connectivity index (χ1v) is 20.5. The van der Waals surface area contributed by atoms with E-state index >= 15 is 0 Å². The van der Waals surface area contributed by atoms with Crippen LogP contribution < -0.4 is 0 Å². The highest BCUT2D eigenvalue weighted by Gasteiger charge is 2.69. The van der Waals surface area contributed by atoms with Crippen LogP contribution in [0.4, 0.5) is 0 Å². The molecule has 4 aliphatic carbocycles. The smallest absolute Gasteiger partial charge is 0.314 e. The number of esters is 1. The van der Waals surface area contributed by atoms with Crippen molar-refractivity contribution in [2.75, 3.05) is 19.8 Å². The van der Waals surface area contributed by atoms with E-state index in [9.17, 15) is 50.8 Å². The van der Waals surface area contributed by atoms with E-state index < -0.39 is 110 Å². The van der Waals surface area contributed by atoms with Gasteiger partial charge in [-0.25, -0.2) is 0 Å². The van der Waals surface area contributed by atoms with Crippen molar-refractivity contribution in [2.45, 2.75) is 171 Å². The van der Waals surface area contributed by atoms with Gasteiger partial charge in [-0.3, -0.25) is 4.79 Å². The number of aliphatic hydroxyl groups is 9. The number of rotatable bonds is 9. The molecule has 0 amide bonds. The lowest BCUT2D eigenvalue weighted by Gasteiger charge is -2.64. The molecule has 7 rings (SSSR count). The van der Waals surface area contributed by atoms with Crippen LogP contribution in [0.3, 0.4) is 0 Å². The van der Waals surface area contributed by atoms with Crippen molar-refractivity contribution in [2.24, 2.45) is 39.9 Å². The quantitative estimate of drug-likeness (QED) is 0.0818. The molecule has 16 nitrogen and oxygen atoms in total. The van der Waals surface area contributed by atoms with Gasteiger partial charge in [0.15, 0.2) is 12.6 Å². The van der Waals surface area contributed by atoms with E-state index in [-0.39, 0.29) is 41.2 Å². The van der Waals surface area contributed by atoms with E-state index in [0.29, 0.717) is 25.7 Å². The van der Waals surface area contributed by atoms with Gasteiger partial charge in [0.2, 0.25) is 6.29 Å². The minimum Gasteiger partial charge on any atom is -0.435 e. The lowest BCUT2D eigenvalue weighted by Crippen LogP contribution is -2.65. The molecule has 1 spiro atoms. The monoisotopic (exact) mass is 800 g/mol. The standard InChI is InChI=1S/C40H64O16/c1-18-13-39-11-7-24-37(4,9-6-10-38(24,5)36(50)55-33-20(3)26(44)19(2)21(14-41)51-33)25(39)8-12-40(18,17-39)56-35-32(30(48)28(46)23(16-43)53-35)54-34-31(49)29(47)27(45)22(15-42)52-34/h19-35,41-49H,1,6-17H2,2-5H3/t19-,20-,21-,22-,23-,24-,25+,26+,27-,28+,29+,30-,31-,32-,33+,34+,35-,37-,38-,39-,40-/m1/s1. The van der Waals surface area contributed by atoms with Crippen molar-refractivity contribution < 1.29 is 79.2 Å². The van der Waals surface area contributed by atoms with Crippen molar-refractivity contribution in [3.8, 4) is 0 Å². The van der Waals surface area contributed by atoms with Crippen LogP contribution in [0.5, 0.6) is 0 Å². The molecule has 0 unspecified atom stereocenters. The SMILES string of the molecule is C=C1C[C@@]23CC[C@@H]4[C@@](C)(CCC[C@@]4(C)C(=O)O[C@@H]4O[C@H](CO)[C@@H](C)[C@H](O)[C@H]4C)[C@@H]2CC[C@@]1(O[C@H]1O[C@H](CO)[C@H](O)[C@@H](O)[C@H]1O[C@@H]1O[C@H](CO)[C@@H](O)[C@H](O)[C@H]1O)C3. The minimum absolute atomic E-state index is 0.00508. The molecule has 0 radical (unpaired) electrons. The summed E-state index contributed by atoms with van der Waals surface area (Å²) in [5.41, 5.74) is -1.36. The molecule has 320 valence electrons. The molecule has 7 aliphatic rings. The molecule has 3 heterocycles. The maximum atomic E-state index is 14.3. The summed E-state index contributed by atoms with van der Waals surface area (Å²) in [5, 5.41) is 94.1. The van der Waals surface area contributed by atoms with Crippen LogP contribution in [0.1, 0.15) is 85.5 Å². The van der Waals surface area contributed by atoms with Crippen LogP contribution in [0, 0.1) is 39.9 Å². The van der Waals surface area contributed by atoms with Gasteiger partial charge >= 0.3 is 5.97 Å². The predicted molar refractivity (Wildman–Crippen MR) is 193 cm³/mol. The summed E-state index contributed by atoms with van der Waals surface area (Å²) in [6.07, 6.45) is -11.5. The number of hydrogen-bond donors (Lipinski definition) is 9. The molecule has 16 heteroatoms. The Hall–Kier alpha value is -1.35. The average Bonchev–Trinajstić information content (AvgIpc) is 3.37. The molecular weight excluding hydrogens is 736 g/mol. The average molecular weight is 801 g/mol. The Labute approximate surface area is 327 Å². The number of carbonyl (C=O) groups is 1. The molecule has 56 heavy (non-hydrogen) atoms. The highest BCUT2D eigenvalue weighted by atomic mass is 16.8. The second kappa shape index (κ2) is 15.6. The molecule has 21 atom stereocenters. The predicted octanol–water partition coefficient (Wildman–Crippen LogP) is -0.388. The Morgan fingerprint density at radius 3 is 1.98 bits per heavy atom. The summed E-state index contributed by atoms with van der Waals surface area (Å²) in [6, 6.07) is 0. The second-order valence-electron chi connectivity index (χ2n) is 18.7. The first-order valence-electron chi connectivity index (χ1n) is 20.5. The van der Waals surface area contributed by atoms with E-state index in [4.69, 9.17) is 28.4 Å². The third-order valence-corrected chi connectivity index (χ3v) is 15.7. The Bertz CT molecular complexity index is 1450. The zero-order chi connectivity index (χ0) is 40.7. The van der Waals surface area contributed by atoms with Crippen molar-refractivity contribution in [1.29, 1.82) is 0 Å². The normalized spacial score (nSPS) is 54.6. The van der Waals surface area contributed by atoms with Gasteiger partial charge in [-0.05, 0) is 86.5 Å². The number of aliphatic hydroxyl groups excluding tert-OH is 9. The van der Waals surface area contributed by atoms with E-state index in [1.165, 1.54) is 0 Å². The van der Waals surface area contributed by atoms with Crippen LogP contribution in [-0.2, 0) is 33.2 Å². The van der Waals surface area contributed by atoms with Crippen LogP contribution >= 0.6 is 0 Å². The molecule has 9 N–H and O–H groups in total. The first kappa shape index (κ1) is 42.8. The van der Waals surface area contributed by atoms with Crippen molar-refractivity contribution >= 4 is 5.97 Å². The molecule has 3 aliphatic heterocycles. The van der Waals surface area contributed by atoms with Gasteiger partial charge in [-0.1, -0.05) is 33.8 Å². The van der Waals surface area contributed by atoms with Crippen LogP contribution in [0.15, 0.2) is 12.2 Å². The van der Waals surface area contributed by atoms with Gasteiger partial charge in [0.1, 0.15) is 48.8 Å². The number of ether oxygens (including phenoxy) is 6. The number of fused-ring (bicyclic) bond motifs is 3. The fraction of sp³-hybridized carbons (Fsp3) is 0.925. The summed E-state index contributed by atoms with van der Waals surface area (Å²) in [4.78, 5) is 14.3. The maximum Gasteiger partial charge on any atom is 0.314 e. The summed E-state index contributed by atoms with van der Waals surface area (Å²) in [6.45, 7) is 10.8. The van der Waals surface area contributed by atoms with Gasteiger partial charge in [0.05, 0.1) is 43.0 Å². The van der Waals surface area contributed by atoms with Crippen molar-refractivity contribution in [3.05, 3.63) is 12.2 Å². The van der Waals surface area contributed by atoms with E-state index in [1.807, 2.05) is 13.8 Å². The summed E-state index contributed by atoms with van der Waals surface area (Å²) < 4.78 is 36.6. The Morgan fingerprint density at radius 1 is 0.714 bits per heavy atom. The zero-order valence-electron chi connectivity index (χ0n) is 32.9. The van der Waals surface area contributed by atoms with Crippen molar-refractivity contribution in [1.82, 2.24) is 0 Å². The third kappa shape index (κ3) is 6.71. The van der Waals surface area contributed by atoms with Crippen LogP contribution in [0.25, 0.3) is 0 Å². The van der Waals surface area contributed by atoms with E-state index in [1.54, 1.807) is 6.92 Å². The fourth-order valence-electron chi connectivity index (χ4n) is 12.5. The Kier molecular flexibility index (Phi) is 11.9. The van der Waals surface area contributed by atoms with Crippen LogP contribution in [-0.4, -0.2) is 157 Å². The lowest BCUT2D eigenvalue weighted by atomic mass is 9.41. The Balaban J connectivity index is 1.10. The highest BCUT2D eigenvalue weighted by Crippen LogP contribution is 2.73. The summed E-state index contributed by atoms with van der Waals surface area (Å²) >= 11 is 0. The molecule has 7 fully saturated rings. The fourth-order valence-corrected chi connectivity index (χ4v) is 12.5. The molecular formula is C40H64O16. The molecule has 0 aromatic heterocycles. The first-order chi connectivity index (χ1) is 26.4. The Morgan fingerprint density at radius 2 is 1.32 bits per heavy atom.